The van der Waals surface area contributed by atoms with Crippen molar-refractivity contribution in [2.24, 2.45) is 0 Å². The highest BCUT2D eigenvalue weighted by atomic mass is 79.9. The zero-order chi connectivity index (χ0) is 11.7. The number of carbonyl (C=O) groups excluding carboxylic acids is 1. The second-order valence-electron chi connectivity index (χ2n) is 3.78. The Hall–Kier alpha value is -0.970. The molecule has 0 spiro atoms. The summed E-state index contributed by atoms with van der Waals surface area (Å²) in [6.07, 6.45) is 0.385. The highest BCUT2D eigenvalue weighted by Crippen LogP contribution is 2.22. The van der Waals surface area contributed by atoms with Crippen LogP contribution in [0.5, 0.6) is 0 Å². The molecule has 1 aliphatic heterocycles. The third-order valence-electron chi connectivity index (χ3n) is 2.58. The van der Waals surface area contributed by atoms with E-state index in [1.54, 1.807) is 0 Å². The number of alkyl halides is 1. The summed E-state index contributed by atoms with van der Waals surface area (Å²) < 4.78 is 26.7. The van der Waals surface area contributed by atoms with Crippen molar-refractivity contribution in [1.82, 2.24) is 4.90 Å². The Morgan fingerprint density at radius 3 is 2.50 bits per heavy atom. The second-order valence-corrected chi connectivity index (χ2v) is 5.07. The molecule has 0 aromatic heterocycles. The van der Waals surface area contributed by atoms with Gasteiger partial charge in [-0.15, -0.1) is 0 Å². The van der Waals surface area contributed by atoms with Crippen LogP contribution in [0.1, 0.15) is 12.0 Å². The summed E-state index contributed by atoms with van der Waals surface area (Å²) in [7, 11) is 0. The van der Waals surface area contributed by atoms with Crippen molar-refractivity contribution in [2.75, 3.05) is 6.54 Å². The molecule has 5 heteroatoms. The number of likely N-dealkylation sites (tertiary alicyclic amines) is 1. The van der Waals surface area contributed by atoms with Gasteiger partial charge in [-0.25, -0.2) is 8.78 Å². The topological polar surface area (TPSA) is 20.3 Å². The van der Waals surface area contributed by atoms with Gasteiger partial charge in [-0.05, 0) is 12.1 Å². The molecule has 1 amide bonds. The van der Waals surface area contributed by atoms with Crippen LogP contribution in [0.15, 0.2) is 18.2 Å². The van der Waals surface area contributed by atoms with E-state index in [-0.39, 0.29) is 22.8 Å². The molecule has 1 atom stereocenters. The van der Waals surface area contributed by atoms with Crippen LogP contribution in [0.25, 0.3) is 0 Å². The first-order valence-electron chi connectivity index (χ1n) is 4.92. The van der Waals surface area contributed by atoms with E-state index in [9.17, 15) is 13.6 Å². The van der Waals surface area contributed by atoms with Gasteiger partial charge in [0.05, 0.1) is 6.54 Å². The lowest BCUT2D eigenvalue weighted by molar-refractivity contribution is -0.128. The van der Waals surface area contributed by atoms with Gasteiger partial charge in [0.25, 0.3) is 0 Å². The van der Waals surface area contributed by atoms with Crippen molar-refractivity contribution in [3.8, 4) is 0 Å². The van der Waals surface area contributed by atoms with Crippen LogP contribution in [0.2, 0.25) is 0 Å². The number of hydrogen-bond acceptors (Lipinski definition) is 1. The van der Waals surface area contributed by atoms with Crippen LogP contribution < -0.4 is 0 Å². The fraction of sp³-hybridized carbons (Fsp3) is 0.364. The molecule has 1 heterocycles. The second kappa shape index (κ2) is 4.49. The van der Waals surface area contributed by atoms with Crippen LogP contribution in [-0.2, 0) is 11.3 Å². The molecule has 2 rings (SSSR count). The van der Waals surface area contributed by atoms with Crippen molar-refractivity contribution < 1.29 is 13.6 Å². The summed E-state index contributed by atoms with van der Waals surface area (Å²) >= 11 is 3.32. The SMILES string of the molecule is O=C1CC(Br)CN1Cc1c(F)cccc1F. The maximum Gasteiger partial charge on any atom is 0.224 e. The molecule has 0 aliphatic carbocycles. The first-order chi connectivity index (χ1) is 7.58. The Morgan fingerprint density at radius 2 is 2.00 bits per heavy atom. The summed E-state index contributed by atoms with van der Waals surface area (Å²) in [6, 6.07) is 3.71. The Kier molecular flexibility index (Phi) is 3.23. The largest absolute Gasteiger partial charge is 0.337 e. The van der Waals surface area contributed by atoms with E-state index in [2.05, 4.69) is 15.9 Å². The number of halogens is 3. The monoisotopic (exact) mass is 289 g/mol. The van der Waals surface area contributed by atoms with E-state index in [0.717, 1.165) is 0 Å². The van der Waals surface area contributed by atoms with Gasteiger partial charge in [0, 0.05) is 23.4 Å². The van der Waals surface area contributed by atoms with Crippen molar-refractivity contribution >= 4 is 21.8 Å². The van der Waals surface area contributed by atoms with Crippen LogP contribution >= 0.6 is 15.9 Å². The van der Waals surface area contributed by atoms with E-state index < -0.39 is 11.6 Å². The number of nitrogens with zero attached hydrogens (tertiary/aromatic N) is 1. The maximum atomic E-state index is 13.3. The van der Waals surface area contributed by atoms with Gasteiger partial charge in [0.2, 0.25) is 5.91 Å². The minimum atomic E-state index is -0.606. The third-order valence-corrected chi connectivity index (χ3v) is 3.19. The predicted molar refractivity (Wildman–Crippen MR) is 59.1 cm³/mol. The molecular formula is C11H10BrF2NO. The quantitative estimate of drug-likeness (QED) is 0.766. The zero-order valence-corrected chi connectivity index (χ0v) is 10.0. The van der Waals surface area contributed by atoms with Crippen molar-refractivity contribution in [1.29, 1.82) is 0 Å². The van der Waals surface area contributed by atoms with Gasteiger partial charge in [0.15, 0.2) is 0 Å². The summed E-state index contributed by atoms with van der Waals surface area (Å²) in [5.41, 5.74) is -0.0440. The molecule has 1 unspecified atom stereocenters. The minimum Gasteiger partial charge on any atom is -0.337 e. The van der Waals surface area contributed by atoms with Crippen molar-refractivity contribution in [3.63, 3.8) is 0 Å². The molecule has 0 bridgehead atoms. The summed E-state index contributed by atoms with van der Waals surface area (Å²) in [6.45, 7) is 0.492. The Bertz CT molecular complexity index is 404. The highest BCUT2D eigenvalue weighted by molar-refractivity contribution is 9.09. The number of carbonyl (C=O) groups is 1. The molecule has 2 nitrogen and oxygen atoms in total. The van der Waals surface area contributed by atoms with E-state index in [0.29, 0.717) is 13.0 Å². The molecule has 16 heavy (non-hydrogen) atoms. The average molecular weight is 290 g/mol. The Balaban J connectivity index is 2.18. The lowest BCUT2D eigenvalue weighted by atomic mass is 10.2. The highest BCUT2D eigenvalue weighted by Gasteiger charge is 2.28. The maximum absolute atomic E-state index is 13.3. The molecular weight excluding hydrogens is 280 g/mol. The van der Waals surface area contributed by atoms with Crippen LogP contribution in [0.3, 0.4) is 0 Å². The summed E-state index contributed by atoms with van der Waals surface area (Å²) in [4.78, 5) is 13.0. The summed E-state index contributed by atoms with van der Waals surface area (Å²) in [5, 5.41) is 0. The third kappa shape index (κ3) is 2.24. The van der Waals surface area contributed by atoms with Gasteiger partial charge >= 0.3 is 0 Å². The molecule has 0 N–H and O–H groups in total. The molecule has 0 radical (unpaired) electrons. The zero-order valence-electron chi connectivity index (χ0n) is 8.42. The van der Waals surface area contributed by atoms with Crippen molar-refractivity contribution in [2.45, 2.75) is 17.8 Å². The standard InChI is InChI=1S/C11H10BrF2NO/c12-7-4-11(16)15(5-7)6-8-9(13)2-1-3-10(8)14/h1-3,7H,4-6H2. The Labute approximate surface area is 100 Å². The van der Waals surface area contributed by atoms with Gasteiger partial charge in [-0.3, -0.25) is 4.79 Å². The minimum absolute atomic E-state index is 0.000556. The van der Waals surface area contributed by atoms with Gasteiger partial charge in [-0.2, -0.15) is 0 Å². The van der Waals surface area contributed by atoms with Gasteiger partial charge in [0.1, 0.15) is 11.6 Å². The Morgan fingerprint density at radius 1 is 1.38 bits per heavy atom. The van der Waals surface area contributed by atoms with E-state index >= 15 is 0 Å². The fourth-order valence-corrected chi connectivity index (χ4v) is 2.38. The molecule has 1 saturated heterocycles. The molecule has 1 fully saturated rings. The predicted octanol–water partition coefficient (Wildman–Crippen LogP) is 2.46. The molecule has 1 aliphatic rings. The normalized spacial score (nSPS) is 20.6. The molecule has 1 aromatic rings. The number of rotatable bonds is 2. The van der Waals surface area contributed by atoms with Gasteiger partial charge < -0.3 is 4.90 Å². The number of amides is 1. The molecule has 86 valence electrons. The van der Waals surface area contributed by atoms with Crippen LogP contribution in [0, 0.1) is 11.6 Å². The first-order valence-corrected chi connectivity index (χ1v) is 5.84. The first kappa shape index (κ1) is 11.5. The van der Waals surface area contributed by atoms with E-state index in [1.807, 2.05) is 0 Å². The van der Waals surface area contributed by atoms with Crippen molar-refractivity contribution in [3.05, 3.63) is 35.4 Å². The lowest BCUT2D eigenvalue weighted by Crippen LogP contribution is -2.25. The van der Waals surface area contributed by atoms with Gasteiger partial charge in [-0.1, -0.05) is 22.0 Å². The van der Waals surface area contributed by atoms with Crippen LogP contribution in [-0.4, -0.2) is 22.2 Å². The lowest BCUT2D eigenvalue weighted by Gasteiger charge is -2.16. The molecule has 1 aromatic carbocycles. The van der Waals surface area contributed by atoms with E-state index in [1.165, 1.54) is 23.1 Å². The smallest absolute Gasteiger partial charge is 0.224 e. The summed E-state index contributed by atoms with van der Waals surface area (Å²) in [5.74, 6) is -1.29. The average Bonchev–Trinajstić information content (AvgIpc) is 2.51. The molecule has 0 saturated carbocycles. The number of benzene rings is 1. The van der Waals surface area contributed by atoms with Crippen LogP contribution in [0.4, 0.5) is 8.78 Å². The number of hydrogen-bond donors (Lipinski definition) is 0. The fourth-order valence-electron chi connectivity index (χ4n) is 1.75. The van der Waals surface area contributed by atoms with E-state index in [4.69, 9.17) is 0 Å².